The Morgan fingerprint density at radius 3 is 2.56 bits per heavy atom. The summed E-state index contributed by atoms with van der Waals surface area (Å²) < 4.78 is 30.3. The number of hydrogen-bond donors (Lipinski definition) is 3. The average molecular weight is 572 g/mol. The second-order valence-corrected chi connectivity index (χ2v) is 13.0. The molecule has 1 aromatic carbocycles. The molecule has 2 atom stereocenters. The van der Waals surface area contributed by atoms with E-state index in [1.165, 1.54) is 6.20 Å². The number of aromatic nitrogens is 4. The first kappa shape index (κ1) is 27.2. The molecule has 0 bridgehead atoms. The van der Waals surface area contributed by atoms with Gasteiger partial charge in [-0.05, 0) is 79.6 Å². The van der Waals surface area contributed by atoms with Gasteiger partial charge in [0.1, 0.15) is 5.82 Å². The maximum Gasteiger partial charge on any atom is 0.253 e. The highest BCUT2D eigenvalue weighted by Crippen LogP contribution is 2.47. The van der Waals surface area contributed by atoms with Crippen molar-refractivity contribution in [1.29, 1.82) is 0 Å². The summed E-state index contributed by atoms with van der Waals surface area (Å²) in [6.07, 6.45) is 7.51. The van der Waals surface area contributed by atoms with Crippen LogP contribution in [0.15, 0.2) is 59.9 Å². The molecule has 3 heterocycles. The molecule has 11 heteroatoms. The highest BCUT2D eigenvalue weighted by atomic mass is 32.2. The molecule has 4 aromatic rings. The SMILES string of the molecule is Cc1ccc(NC2CC(NC(=O)c3cccnc3)c3cc(S(=O)(=O)NCC(C)C)c4cc(C5CC5)ncc4c32)nn1. The summed E-state index contributed by atoms with van der Waals surface area (Å²) in [6, 6.07) is 10.1. The number of sulfonamides is 1. The Kier molecular flexibility index (Phi) is 7.16. The van der Waals surface area contributed by atoms with E-state index in [0.29, 0.717) is 35.7 Å². The number of anilines is 1. The van der Waals surface area contributed by atoms with E-state index < -0.39 is 16.1 Å². The monoisotopic (exact) mass is 571 g/mol. The zero-order valence-electron chi connectivity index (χ0n) is 23.3. The smallest absolute Gasteiger partial charge is 0.253 e. The van der Waals surface area contributed by atoms with Crippen LogP contribution in [0.25, 0.3) is 10.8 Å². The highest BCUT2D eigenvalue weighted by Gasteiger charge is 2.37. The molecule has 0 radical (unpaired) electrons. The van der Waals surface area contributed by atoms with Gasteiger partial charge in [0.15, 0.2) is 0 Å². The van der Waals surface area contributed by atoms with Crippen molar-refractivity contribution in [3.63, 3.8) is 0 Å². The predicted octanol–water partition coefficient (Wildman–Crippen LogP) is 4.57. The van der Waals surface area contributed by atoms with Crippen LogP contribution < -0.4 is 15.4 Å². The summed E-state index contributed by atoms with van der Waals surface area (Å²) in [5.74, 6) is 0.811. The Morgan fingerprint density at radius 2 is 1.88 bits per heavy atom. The quantitative estimate of drug-likeness (QED) is 0.266. The first-order valence-electron chi connectivity index (χ1n) is 13.9. The van der Waals surface area contributed by atoms with Crippen molar-refractivity contribution >= 4 is 32.5 Å². The van der Waals surface area contributed by atoms with Gasteiger partial charge in [0.05, 0.1) is 28.2 Å². The lowest BCUT2D eigenvalue weighted by atomic mass is 9.98. The van der Waals surface area contributed by atoms with Gasteiger partial charge in [-0.2, -0.15) is 5.10 Å². The van der Waals surface area contributed by atoms with Gasteiger partial charge in [-0.3, -0.25) is 14.8 Å². The number of nitrogens with one attached hydrogen (secondary N) is 3. The number of nitrogens with zero attached hydrogens (tertiary/aromatic N) is 4. The van der Waals surface area contributed by atoms with E-state index in [2.05, 4.69) is 30.5 Å². The minimum Gasteiger partial charge on any atom is -0.362 e. The van der Waals surface area contributed by atoms with E-state index in [0.717, 1.165) is 40.7 Å². The third kappa shape index (κ3) is 5.64. The van der Waals surface area contributed by atoms with Crippen LogP contribution in [0.3, 0.4) is 0 Å². The number of rotatable bonds is 9. The van der Waals surface area contributed by atoms with Crippen LogP contribution >= 0.6 is 0 Å². The van der Waals surface area contributed by atoms with E-state index in [4.69, 9.17) is 4.98 Å². The fourth-order valence-corrected chi connectivity index (χ4v) is 6.79. The molecule has 10 nitrogen and oxygen atoms in total. The molecule has 2 unspecified atom stereocenters. The van der Waals surface area contributed by atoms with Gasteiger partial charge < -0.3 is 10.6 Å². The van der Waals surface area contributed by atoms with Crippen molar-refractivity contribution in [3.8, 4) is 0 Å². The fraction of sp³-hybridized carbons (Fsp3) is 0.367. The average Bonchev–Trinajstić information content (AvgIpc) is 3.76. The van der Waals surface area contributed by atoms with Crippen LogP contribution in [0.1, 0.15) is 84.0 Å². The van der Waals surface area contributed by atoms with E-state index in [-0.39, 0.29) is 22.8 Å². The van der Waals surface area contributed by atoms with Gasteiger partial charge in [0, 0.05) is 47.5 Å². The Bertz CT molecular complexity index is 1710. The van der Waals surface area contributed by atoms with E-state index in [1.54, 1.807) is 30.6 Å². The minimum atomic E-state index is -3.85. The first-order valence-corrected chi connectivity index (χ1v) is 15.4. The largest absolute Gasteiger partial charge is 0.362 e. The Hall–Kier alpha value is -3.96. The number of hydrogen-bond acceptors (Lipinski definition) is 8. The van der Waals surface area contributed by atoms with E-state index in [9.17, 15) is 13.2 Å². The molecular weight excluding hydrogens is 538 g/mol. The van der Waals surface area contributed by atoms with Gasteiger partial charge in [-0.25, -0.2) is 13.1 Å². The van der Waals surface area contributed by atoms with Gasteiger partial charge >= 0.3 is 0 Å². The molecule has 0 saturated heterocycles. The normalized spacial score (nSPS) is 18.4. The summed E-state index contributed by atoms with van der Waals surface area (Å²) >= 11 is 0. The fourth-order valence-electron chi connectivity index (χ4n) is 5.34. The lowest BCUT2D eigenvalue weighted by Crippen LogP contribution is -2.29. The zero-order chi connectivity index (χ0) is 28.7. The lowest BCUT2D eigenvalue weighted by molar-refractivity contribution is 0.0935. The Labute approximate surface area is 239 Å². The van der Waals surface area contributed by atoms with Crippen LogP contribution in [0, 0.1) is 12.8 Å². The number of amides is 1. The van der Waals surface area contributed by atoms with Gasteiger partial charge in [-0.15, -0.1) is 5.10 Å². The van der Waals surface area contributed by atoms with Crippen LogP contribution in [-0.4, -0.2) is 41.0 Å². The number of aryl methyl sites for hydroxylation is 1. The number of fused-ring (bicyclic) bond motifs is 3. The third-order valence-electron chi connectivity index (χ3n) is 7.59. The molecule has 0 spiro atoms. The van der Waals surface area contributed by atoms with Crippen molar-refractivity contribution in [1.82, 2.24) is 30.2 Å². The minimum absolute atomic E-state index is 0.143. The second kappa shape index (κ2) is 10.8. The van der Waals surface area contributed by atoms with Crippen LogP contribution in [0.4, 0.5) is 5.82 Å². The summed E-state index contributed by atoms with van der Waals surface area (Å²) in [7, 11) is -3.85. The summed E-state index contributed by atoms with van der Waals surface area (Å²) in [4.78, 5) is 22.3. The molecule has 0 aliphatic heterocycles. The molecular formula is C30H33N7O3S. The molecule has 1 amide bonds. The van der Waals surface area contributed by atoms with Gasteiger partial charge in [0.25, 0.3) is 5.91 Å². The maximum atomic E-state index is 13.7. The number of benzene rings is 1. The van der Waals surface area contributed by atoms with Crippen molar-refractivity contribution in [2.45, 2.75) is 62.9 Å². The van der Waals surface area contributed by atoms with Crippen molar-refractivity contribution < 1.29 is 13.2 Å². The molecule has 2 aliphatic carbocycles. The van der Waals surface area contributed by atoms with Gasteiger partial charge in [0.2, 0.25) is 10.0 Å². The topological polar surface area (TPSA) is 139 Å². The zero-order valence-corrected chi connectivity index (χ0v) is 24.1. The number of pyridine rings is 2. The molecule has 41 heavy (non-hydrogen) atoms. The summed E-state index contributed by atoms with van der Waals surface area (Å²) in [6.45, 7) is 6.12. The van der Waals surface area contributed by atoms with Gasteiger partial charge in [-0.1, -0.05) is 13.8 Å². The van der Waals surface area contributed by atoms with E-state index >= 15 is 0 Å². The molecule has 3 N–H and O–H groups in total. The predicted molar refractivity (Wildman–Crippen MR) is 156 cm³/mol. The number of carbonyl (C=O) groups excluding carboxylic acids is 1. The standard InChI is InChI=1S/C30H33N7O3S/c1-17(2)14-33-41(39,40)27-12-22-25(35-30(38)20-5-4-10-31-15-20)13-26(34-28-9-6-18(3)36-37-28)29(22)23-16-32-24(11-21(23)27)19-7-8-19/h4-6,9-12,15-17,19,25-26,33H,7-8,13-14H2,1-3H3,(H,34,37)(H,35,38). The van der Waals surface area contributed by atoms with Crippen LogP contribution in [0.5, 0.6) is 0 Å². The highest BCUT2D eigenvalue weighted by molar-refractivity contribution is 7.89. The Morgan fingerprint density at radius 1 is 1.05 bits per heavy atom. The molecule has 3 aromatic heterocycles. The van der Waals surface area contributed by atoms with Crippen molar-refractivity contribution in [2.75, 3.05) is 11.9 Å². The first-order chi connectivity index (χ1) is 19.7. The van der Waals surface area contributed by atoms with Crippen LogP contribution in [-0.2, 0) is 10.0 Å². The maximum absolute atomic E-state index is 13.7. The molecule has 1 saturated carbocycles. The molecule has 212 valence electrons. The Balaban J connectivity index is 1.49. The molecule has 1 fully saturated rings. The lowest BCUT2D eigenvalue weighted by Gasteiger charge is -2.19. The molecule has 6 rings (SSSR count). The van der Waals surface area contributed by atoms with Crippen LogP contribution in [0.2, 0.25) is 0 Å². The summed E-state index contributed by atoms with van der Waals surface area (Å²) in [5.41, 5.74) is 3.77. The summed E-state index contributed by atoms with van der Waals surface area (Å²) in [5, 5.41) is 16.4. The number of carbonyl (C=O) groups is 1. The van der Waals surface area contributed by atoms with Crippen molar-refractivity contribution in [3.05, 3.63) is 83.1 Å². The second-order valence-electron chi connectivity index (χ2n) is 11.3. The van der Waals surface area contributed by atoms with Crippen molar-refractivity contribution in [2.24, 2.45) is 5.92 Å². The third-order valence-corrected chi connectivity index (χ3v) is 9.05. The van der Waals surface area contributed by atoms with E-state index in [1.807, 2.05) is 39.0 Å². The molecule has 2 aliphatic rings.